The average Bonchev–Trinajstić information content (AvgIpc) is 2.52. The summed E-state index contributed by atoms with van der Waals surface area (Å²) >= 11 is 0. The monoisotopic (exact) mass is 383 g/mol. The van der Waals surface area contributed by atoms with E-state index in [1.807, 2.05) is 0 Å². The quantitative estimate of drug-likeness (QED) is 0.587. The van der Waals surface area contributed by atoms with E-state index >= 15 is 0 Å². The van der Waals surface area contributed by atoms with Crippen molar-refractivity contribution in [1.29, 1.82) is 0 Å². The van der Waals surface area contributed by atoms with Gasteiger partial charge in [-0.1, -0.05) is 42.5 Å². The zero-order valence-electron chi connectivity index (χ0n) is 12.2. The minimum absolute atomic E-state index is 0.211. The Morgan fingerprint density at radius 2 is 1.52 bits per heavy atom. The summed E-state index contributed by atoms with van der Waals surface area (Å²) in [5.74, 6) is 0. The van der Waals surface area contributed by atoms with E-state index in [9.17, 15) is 35.8 Å². The molecule has 10 heteroatoms. The Kier molecular flexibility index (Phi) is 5.32. The lowest BCUT2D eigenvalue weighted by molar-refractivity contribution is -0.237. The lowest BCUT2D eigenvalue weighted by Gasteiger charge is -2.30. The number of alkyl halides is 6. The van der Waals surface area contributed by atoms with Crippen LogP contribution in [0.2, 0.25) is 0 Å². The van der Waals surface area contributed by atoms with Crippen molar-refractivity contribution in [3.63, 3.8) is 0 Å². The maximum Gasteiger partial charge on any atom is 0.419 e. The third-order valence-electron chi connectivity index (χ3n) is 3.13. The summed E-state index contributed by atoms with van der Waals surface area (Å²) < 4.78 is 94.0. The molecule has 2 aromatic rings. The molecular formula is C15H10F6O3P-. The number of halogens is 6. The highest BCUT2D eigenvalue weighted by Crippen LogP contribution is 2.48. The fraction of sp³-hybridized carbons (Fsp3) is 0.200. The first kappa shape index (κ1) is 19.5. The van der Waals surface area contributed by atoms with Crippen LogP contribution in [0, 0.1) is 0 Å². The summed E-state index contributed by atoms with van der Waals surface area (Å²) in [5, 5.41) is -0.517. The smallest absolute Gasteiger partial charge is 0.419 e. The first-order chi connectivity index (χ1) is 11.4. The van der Waals surface area contributed by atoms with Crippen molar-refractivity contribution in [2.24, 2.45) is 0 Å². The normalized spacial score (nSPS) is 16.3. The Hall–Kier alpha value is -1.83. The van der Waals surface area contributed by atoms with Gasteiger partial charge in [0, 0.05) is 5.30 Å². The molecule has 0 N–H and O–H groups in total. The molecule has 3 nitrogen and oxygen atoms in total. The Labute approximate surface area is 138 Å². The van der Waals surface area contributed by atoms with Gasteiger partial charge in [-0.3, -0.25) is 0 Å². The molecule has 0 aliphatic rings. The van der Waals surface area contributed by atoms with Crippen LogP contribution in [0.3, 0.4) is 0 Å². The second-order valence-electron chi connectivity index (χ2n) is 4.98. The molecule has 2 atom stereocenters. The van der Waals surface area contributed by atoms with Crippen molar-refractivity contribution in [3.05, 3.63) is 65.7 Å². The number of hydrogen-bond acceptors (Lipinski definition) is 3. The molecule has 0 heterocycles. The van der Waals surface area contributed by atoms with Crippen LogP contribution in [-0.4, -0.2) is 6.18 Å². The fourth-order valence-electron chi connectivity index (χ4n) is 2.00. The third-order valence-corrected chi connectivity index (χ3v) is 4.55. The molecule has 0 saturated heterocycles. The van der Waals surface area contributed by atoms with E-state index in [4.69, 9.17) is 0 Å². The molecule has 0 aliphatic carbocycles. The van der Waals surface area contributed by atoms with Crippen molar-refractivity contribution in [2.75, 3.05) is 0 Å². The molecule has 25 heavy (non-hydrogen) atoms. The van der Waals surface area contributed by atoms with Crippen LogP contribution in [0.25, 0.3) is 0 Å². The fourth-order valence-corrected chi connectivity index (χ4v) is 3.18. The summed E-state index contributed by atoms with van der Waals surface area (Å²) in [6.45, 7) is 0. The van der Waals surface area contributed by atoms with Gasteiger partial charge in [-0.2, -0.15) is 26.3 Å². The van der Waals surface area contributed by atoms with E-state index in [0.29, 0.717) is 6.07 Å². The van der Waals surface area contributed by atoms with Crippen LogP contribution < -0.4 is 10.2 Å². The molecular weight excluding hydrogens is 373 g/mol. The van der Waals surface area contributed by atoms with Crippen molar-refractivity contribution in [1.82, 2.24) is 0 Å². The Morgan fingerprint density at radius 3 is 2.04 bits per heavy atom. The molecule has 0 aromatic heterocycles. The standard InChI is InChI=1S/C15H11F6O3P/c16-14(17,18)11-6-4-5-10(9-11)13(15(19,20)21)24-25(22,23)12-7-2-1-3-8-12/h1-9,13H,(H,22,23)/p-1/t13-/m1/s1. The summed E-state index contributed by atoms with van der Waals surface area (Å²) in [5.41, 5.74) is -2.31. The third kappa shape index (κ3) is 4.84. The molecule has 0 radical (unpaired) electrons. The van der Waals surface area contributed by atoms with Gasteiger partial charge in [0.25, 0.3) is 0 Å². The maximum absolute atomic E-state index is 13.2. The van der Waals surface area contributed by atoms with Gasteiger partial charge in [0.2, 0.25) is 0 Å². The van der Waals surface area contributed by atoms with Crippen LogP contribution in [0.15, 0.2) is 54.6 Å². The van der Waals surface area contributed by atoms with E-state index in [-0.39, 0.29) is 6.07 Å². The Morgan fingerprint density at radius 1 is 0.920 bits per heavy atom. The van der Waals surface area contributed by atoms with Crippen LogP contribution >= 0.6 is 7.60 Å². The summed E-state index contributed by atoms with van der Waals surface area (Å²) in [4.78, 5) is 12.0. The topological polar surface area (TPSA) is 49.4 Å². The molecule has 136 valence electrons. The second kappa shape index (κ2) is 6.82. The zero-order chi connectivity index (χ0) is 18.9. The summed E-state index contributed by atoms with van der Waals surface area (Å²) in [7, 11) is -5.17. The zero-order valence-corrected chi connectivity index (χ0v) is 13.1. The highest BCUT2D eigenvalue weighted by Gasteiger charge is 2.45. The Balaban J connectivity index is 2.44. The van der Waals surface area contributed by atoms with Crippen molar-refractivity contribution < 1.29 is 40.3 Å². The highest BCUT2D eigenvalue weighted by atomic mass is 31.2. The van der Waals surface area contributed by atoms with Gasteiger partial charge in [-0.05, 0) is 17.7 Å². The summed E-state index contributed by atoms with van der Waals surface area (Å²) in [6.07, 6.45) is -13.2. The molecule has 0 amide bonds. The molecule has 0 fully saturated rings. The van der Waals surface area contributed by atoms with E-state index in [1.54, 1.807) is 0 Å². The molecule has 0 aliphatic heterocycles. The van der Waals surface area contributed by atoms with E-state index in [2.05, 4.69) is 4.52 Å². The van der Waals surface area contributed by atoms with Crippen LogP contribution in [0.1, 0.15) is 17.2 Å². The van der Waals surface area contributed by atoms with Gasteiger partial charge in [-0.15, -0.1) is 0 Å². The minimum atomic E-state index is -5.24. The molecule has 0 saturated carbocycles. The lowest BCUT2D eigenvalue weighted by atomic mass is 10.1. The molecule has 2 aromatic carbocycles. The SMILES string of the molecule is O=P([O-])(O[C@H](c1cccc(C(F)(F)F)c1)C(F)(F)F)c1ccccc1. The van der Waals surface area contributed by atoms with Crippen LogP contribution in [0.4, 0.5) is 26.3 Å². The van der Waals surface area contributed by atoms with Gasteiger partial charge >= 0.3 is 12.4 Å². The molecule has 2 rings (SSSR count). The first-order valence-electron chi connectivity index (χ1n) is 6.70. The second-order valence-corrected chi connectivity index (χ2v) is 6.71. The number of rotatable bonds is 4. The van der Waals surface area contributed by atoms with Gasteiger partial charge in [0.1, 0.15) is 0 Å². The van der Waals surface area contributed by atoms with E-state index < -0.39 is 42.5 Å². The highest BCUT2D eigenvalue weighted by molar-refractivity contribution is 7.59. The lowest BCUT2D eigenvalue weighted by Crippen LogP contribution is -2.28. The van der Waals surface area contributed by atoms with E-state index in [0.717, 1.165) is 24.3 Å². The predicted octanol–water partition coefficient (Wildman–Crippen LogP) is 4.20. The first-order valence-corrected chi connectivity index (χ1v) is 8.24. The molecule has 0 spiro atoms. The molecule has 1 unspecified atom stereocenters. The van der Waals surface area contributed by atoms with Gasteiger partial charge in [0.05, 0.1) is 5.56 Å². The molecule has 0 bridgehead atoms. The van der Waals surface area contributed by atoms with Crippen molar-refractivity contribution in [3.8, 4) is 0 Å². The average molecular weight is 383 g/mol. The maximum atomic E-state index is 13.2. The number of hydrogen-bond donors (Lipinski definition) is 0. The minimum Gasteiger partial charge on any atom is -0.775 e. The van der Waals surface area contributed by atoms with Gasteiger partial charge in [-0.25, -0.2) is 0 Å². The number of benzene rings is 2. The van der Waals surface area contributed by atoms with Crippen LogP contribution in [-0.2, 0) is 15.3 Å². The Bertz CT molecular complexity index is 773. The summed E-state index contributed by atoms with van der Waals surface area (Å²) in [6, 6.07) is 8.29. The van der Waals surface area contributed by atoms with Gasteiger partial charge < -0.3 is 14.0 Å². The van der Waals surface area contributed by atoms with E-state index in [1.165, 1.54) is 18.2 Å². The largest absolute Gasteiger partial charge is 0.775 e. The van der Waals surface area contributed by atoms with Gasteiger partial charge in [0.15, 0.2) is 13.7 Å². The van der Waals surface area contributed by atoms with Crippen LogP contribution in [0.5, 0.6) is 0 Å². The van der Waals surface area contributed by atoms with Crippen molar-refractivity contribution >= 4 is 12.9 Å². The van der Waals surface area contributed by atoms with Crippen molar-refractivity contribution in [2.45, 2.75) is 18.5 Å². The predicted molar refractivity (Wildman–Crippen MR) is 75.0 cm³/mol.